The second-order valence-electron chi connectivity index (χ2n) is 4.42. The fraction of sp³-hybridized carbons (Fsp3) is 1.00. The molecule has 0 aromatic carbocycles. The summed E-state index contributed by atoms with van der Waals surface area (Å²) < 4.78 is 11.6. The van der Waals surface area contributed by atoms with Crippen LogP contribution in [-0.4, -0.2) is 37.5 Å². The molecule has 2 rings (SSSR count). The van der Waals surface area contributed by atoms with Crippen molar-refractivity contribution in [1.82, 2.24) is 5.32 Å². The van der Waals surface area contributed by atoms with E-state index in [4.69, 9.17) is 9.47 Å². The molecule has 0 aliphatic carbocycles. The van der Waals surface area contributed by atoms with Crippen LogP contribution in [0.15, 0.2) is 0 Å². The van der Waals surface area contributed by atoms with Crippen molar-refractivity contribution >= 4 is 0 Å². The maximum atomic E-state index is 5.95. The van der Waals surface area contributed by atoms with Crippen LogP contribution in [0.2, 0.25) is 0 Å². The van der Waals surface area contributed by atoms with E-state index in [1.54, 1.807) is 0 Å². The molecule has 14 heavy (non-hydrogen) atoms. The second kappa shape index (κ2) is 4.17. The SMILES string of the molecule is CCNC1CCOC2(CCOC2C)C1. The van der Waals surface area contributed by atoms with E-state index >= 15 is 0 Å². The Hall–Kier alpha value is -0.120. The van der Waals surface area contributed by atoms with E-state index in [9.17, 15) is 0 Å². The minimum absolute atomic E-state index is 0.0189. The monoisotopic (exact) mass is 199 g/mol. The van der Waals surface area contributed by atoms with Crippen molar-refractivity contribution in [3.8, 4) is 0 Å². The molecular formula is C11H21NO2. The highest BCUT2D eigenvalue weighted by Crippen LogP contribution is 2.37. The van der Waals surface area contributed by atoms with Gasteiger partial charge in [-0.25, -0.2) is 0 Å². The predicted molar refractivity (Wildman–Crippen MR) is 55.4 cm³/mol. The summed E-state index contributed by atoms with van der Waals surface area (Å²) in [6.45, 7) is 7.10. The van der Waals surface area contributed by atoms with Gasteiger partial charge in [0.25, 0.3) is 0 Å². The molecule has 0 amide bonds. The molecule has 0 saturated carbocycles. The zero-order valence-electron chi connectivity index (χ0n) is 9.21. The lowest BCUT2D eigenvalue weighted by Gasteiger charge is -2.40. The van der Waals surface area contributed by atoms with E-state index in [0.29, 0.717) is 6.04 Å². The van der Waals surface area contributed by atoms with Crippen LogP contribution in [0.25, 0.3) is 0 Å². The Morgan fingerprint density at radius 2 is 2.29 bits per heavy atom. The molecule has 3 nitrogen and oxygen atoms in total. The average Bonchev–Trinajstić information content (AvgIpc) is 2.49. The topological polar surface area (TPSA) is 30.5 Å². The third kappa shape index (κ3) is 1.81. The van der Waals surface area contributed by atoms with E-state index in [2.05, 4.69) is 19.2 Å². The smallest absolute Gasteiger partial charge is 0.0976 e. The molecule has 3 unspecified atom stereocenters. The molecule has 0 bridgehead atoms. The summed E-state index contributed by atoms with van der Waals surface area (Å²) >= 11 is 0. The molecule has 2 aliphatic heterocycles. The first-order valence-electron chi connectivity index (χ1n) is 5.76. The largest absolute Gasteiger partial charge is 0.375 e. The molecule has 0 aromatic heterocycles. The van der Waals surface area contributed by atoms with E-state index in [1.807, 2.05) is 0 Å². The van der Waals surface area contributed by atoms with Crippen LogP contribution in [0.3, 0.4) is 0 Å². The molecule has 2 saturated heterocycles. The minimum atomic E-state index is 0.0189. The summed E-state index contributed by atoms with van der Waals surface area (Å²) in [7, 11) is 0. The van der Waals surface area contributed by atoms with Gasteiger partial charge in [0.1, 0.15) is 0 Å². The average molecular weight is 199 g/mol. The molecule has 3 atom stereocenters. The molecular weight excluding hydrogens is 178 g/mol. The summed E-state index contributed by atoms with van der Waals surface area (Å²) in [5.41, 5.74) is 0.0189. The highest BCUT2D eigenvalue weighted by molar-refractivity contribution is 4.97. The van der Waals surface area contributed by atoms with Crippen LogP contribution < -0.4 is 5.32 Å². The molecule has 0 aromatic rings. The first-order chi connectivity index (χ1) is 6.77. The number of hydrogen-bond acceptors (Lipinski definition) is 3. The van der Waals surface area contributed by atoms with Crippen molar-refractivity contribution in [3.63, 3.8) is 0 Å². The first-order valence-corrected chi connectivity index (χ1v) is 5.76. The summed E-state index contributed by atoms with van der Waals surface area (Å²) in [4.78, 5) is 0. The quantitative estimate of drug-likeness (QED) is 0.727. The fourth-order valence-corrected chi connectivity index (χ4v) is 2.67. The maximum Gasteiger partial charge on any atom is 0.0976 e. The minimum Gasteiger partial charge on any atom is -0.375 e. The molecule has 1 spiro atoms. The lowest BCUT2D eigenvalue weighted by Crippen LogP contribution is -2.50. The van der Waals surface area contributed by atoms with Gasteiger partial charge in [-0.15, -0.1) is 0 Å². The van der Waals surface area contributed by atoms with Crippen molar-refractivity contribution in [2.24, 2.45) is 0 Å². The van der Waals surface area contributed by atoms with Crippen LogP contribution in [0, 0.1) is 0 Å². The second-order valence-corrected chi connectivity index (χ2v) is 4.42. The van der Waals surface area contributed by atoms with Crippen molar-refractivity contribution in [1.29, 1.82) is 0 Å². The van der Waals surface area contributed by atoms with Crippen LogP contribution in [0.5, 0.6) is 0 Å². The molecule has 82 valence electrons. The summed E-state index contributed by atoms with van der Waals surface area (Å²) in [6.07, 6.45) is 3.59. The number of rotatable bonds is 2. The van der Waals surface area contributed by atoms with Gasteiger partial charge in [0.15, 0.2) is 0 Å². The standard InChI is InChI=1S/C11H21NO2/c1-3-12-10-4-6-14-11(8-10)5-7-13-9(11)2/h9-10,12H,3-8H2,1-2H3. The Morgan fingerprint density at radius 3 is 2.93 bits per heavy atom. The Balaban J connectivity index is 1.98. The van der Waals surface area contributed by atoms with Crippen LogP contribution >= 0.6 is 0 Å². The summed E-state index contributed by atoms with van der Waals surface area (Å²) in [6, 6.07) is 0.623. The number of ether oxygens (including phenoxy) is 2. The van der Waals surface area contributed by atoms with Crippen molar-refractivity contribution in [3.05, 3.63) is 0 Å². The normalized spacial score (nSPS) is 43.3. The lowest BCUT2D eigenvalue weighted by molar-refractivity contribution is -0.119. The zero-order valence-corrected chi connectivity index (χ0v) is 9.21. The van der Waals surface area contributed by atoms with Crippen molar-refractivity contribution in [2.45, 2.75) is 50.9 Å². The Kier molecular flexibility index (Phi) is 3.10. The zero-order chi connectivity index (χ0) is 10.0. The van der Waals surface area contributed by atoms with Gasteiger partial charge in [-0.1, -0.05) is 6.92 Å². The first kappa shape index (κ1) is 10.4. The van der Waals surface area contributed by atoms with Gasteiger partial charge in [0, 0.05) is 25.7 Å². The maximum absolute atomic E-state index is 5.95. The fourth-order valence-electron chi connectivity index (χ4n) is 2.67. The molecule has 0 radical (unpaired) electrons. The van der Waals surface area contributed by atoms with Gasteiger partial charge >= 0.3 is 0 Å². The van der Waals surface area contributed by atoms with Crippen LogP contribution in [0.1, 0.15) is 33.1 Å². The van der Waals surface area contributed by atoms with Crippen molar-refractivity contribution < 1.29 is 9.47 Å². The lowest BCUT2D eigenvalue weighted by atomic mass is 9.85. The van der Waals surface area contributed by atoms with Gasteiger partial charge < -0.3 is 14.8 Å². The third-order valence-corrected chi connectivity index (χ3v) is 3.57. The van der Waals surface area contributed by atoms with Gasteiger partial charge in [-0.3, -0.25) is 0 Å². The van der Waals surface area contributed by atoms with Crippen molar-refractivity contribution in [2.75, 3.05) is 19.8 Å². The number of hydrogen-bond donors (Lipinski definition) is 1. The van der Waals surface area contributed by atoms with E-state index in [-0.39, 0.29) is 11.7 Å². The molecule has 2 aliphatic rings. The predicted octanol–water partition coefficient (Wildman–Crippen LogP) is 1.32. The summed E-state index contributed by atoms with van der Waals surface area (Å²) in [5, 5.41) is 3.52. The molecule has 2 heterocycles. The summed E-state index contributed by atoms with van der Waals surface area (Å²) in [5.74, 6) is 0. The molecule has 3 heteroatoms. The van der Waals surface area contributed by atoms with Gasteiger partial charge in [0.2, 0.25) is 0 Å². The highest BCUT2D eigenvalue weighted by atomic mass is 16.6. The molecule has 2 fully saturated rings. The van der Waals surface area contributed by atoms with Gasteiger partial charge in [-0.05, 0) is 26.3 Å². The van der Waals surface area contributed by atoms with Crippen LogP contribution in [0.4, 0.5) is 0 Å². The van der Waals surface area contributed by atoms with E-state index < -0.39 is 0 Å². The number of nitrogens with one attached hydrogen (secondary N) is 1. The van der Waals surface area contributed by atoms with Crippen LogP contribution in [-0.2, 0) is 9.47 Å². The Morgan fingerprint density at radius 1 is 1.43 bits per heavy atom. The van der Waals surface area contributed by atoms with Gasteiger partial charge in [0.05, 0.1) is 11.7 Å². The van der Waals surface area contributed by atoms with E-state index in [0.717, 1.165) is 39.0 Å². The Labute approximate surface area is 86.2 Å². The molecule has 1 N–H and O–H groups in total. The van der Waals surface area contributed by atoms with E-state index in [1.165, 1.54) is 0 Å². The highest BCUT2D eigenvalue weighted by Gasteiger charge is 2.46. The van der Waals surface area contributed by atoms with Gasteiger partial charge in [-0.2, -0.15) is 0 Å². The Bertz CT molecular complexity index is 196. The third-order valence-electron chi connectivity index (χ3n) is 3.57.